The van der Waals surface area contributed by atoms with Gasteiger partial charge in [-0.15, -0.1) is 0 Å². The number of aliphatic hydroxyl groups excluding tert-OH is 1. The summed E-state index contributed by atoms with van der Waals surface area (Å²) in [4.78, 5) is 0. The van der Waals surface area contributed by atoms with Gasteiger partial charge in [0.05, 0.1) is 0 Å². The minimum Gasteiger partial charge on any atom is -1.00 e. The van der Waals surface area contributed by atoms with E-state index in [0.717, 1.165) is 19.3 Å². The standard InChI is InChI=1S/C24H23O.2ClH.Zr/c1-16(2)19-12-13-22-20-10-4-3-7-18(20)15-23(22)24(19)21-11-5-8-17(21)9-6-14-25;;;/h3-5,7-8,10,12-13,25H,6,9,11,14H2,1-2H3;2*1H;/q;;;+2/p-2. The smallest absolute Gasteiger partial charge is 1.00 e. The third kappa shape index (κ3) is 3.90. The molecule has 28 heavy (non-hydrogen) atoms. The van der Waals surface area contributed by atoms with Crippen LogP contribution >= 0.6 is 0 Å². The van der Waals surface area contributed by atoms with Crippen molar-refractivity contribution in [3.05, 3.63) is 86.1 Å². The van der Waals surface area contributed by atoms with Gasteiger partial charge >= 0.3 is 170 Å². The van der Waals surface area contributed by atoms with E-state index in [1.165, 1.54) is 76.7 Å². The van der Waals surface area contributed by atoms with Crippen molar-refractivity contribution in [3.63, 3.8) is 0 Å². The first-order valence-corrected chi connectivity index (χ1v) is 10.5. The minimum absolute atomic E-state index is 0. The quantitative estimate of drug-likeness (QED) is 0.511. The van der Waals surface area contributed by atoms with Crippen molar-refractivity contribution in [2.45, 2.75) is 33.1 Å². The molecule has 143 valence electrons. The molecule has 0 bridgehead atoms. The van der Waals surface area contributed by atoms with E-state index in [-0.39, 0.29) is 31.4 Å². The normalized spacial score (nSPS) is 13.8. The fourth-order valence-electron chi connectivity index (χ4n) is 4.20. The Morgan fingerprint density at radius 3 is 2.36 bits per heavy atom. The zero-order chi connectivity index (χ0) is 18.3. The monoisotopic (exact) mass is 487 g/mol. The van der Waals surface area contributed by atoms with Gasteiger partial charge in [0.25, 0.3) is 0 Å². The van der Waals surface area contributed by atoms with Crippen molar-refractivity contribution < 1.29 is 54.6 Å². The van der Waals surface area contributed by atoms with Crippen molar-refractivity contribution in [2.75, 3.05) is 6.61 Å². The van der Waals surface area contributed by atoms with Crippen molar-refractivity contribution in [1.29, 1.82) is 0 Å². The molecule has 0 saturated heterocycles. The molecule has 2 aliphatic carbocycles. The maximum absolute atomic E-state index is 9.29. The van der Waals surface area contributed by atoms with Crippen LogP contribution in [0.25, 0.3) is 14.4 Å². The molecule has 0 heterocycles. The Bertz CT molecular complexity index is 1170. The zero-order valence-corrected chi connectivity index (χ0v) is 20.1. The molecule has 0 amide bonds. The maximum Gasteiger partial charge on any atom is -1.00 e. The van der Waals surface area contributed by atoms with Gasteiger partial charge in [0.15, 0.2) is 0 Å². The molecule has 2 aromatic rings. The first-order valence-electron chi connectivity index (χ1n) is 9.29. The van der Waals surface area contributed by atoms with Gasteiger partial charge in [-0.25, -0.2) is 0 Å². The second kappa shape index (κ2) is 9.72. The molecule has 0 saturated carbocycles. The van der Waals surface area contributed by atoms with Gasteiger partial charge in [-0.2, -0.15) is 0 Å². The van der Waals surface area contributed by atoms with E-state index in [4.69, 9.17) is 0 Å². The van der Waals surface area contributed by atoms with E-state index in [1.54, 1.807) is 0 Å². The van der Waals surface area contributed by atoms with Crippen LogP contribution in [-0.4, -0.2) is 11.7 Å². The van der Waals surface area contributed by atoms with Crippen LogP contribution in [0.1, 0.15) is 44.2 Å². The molecule has 2 aliphatic rings. The molecule has 0 aromatic heterocycles. The number of rotatable bonds is 4. The van der Waals surface area contributed by atoms with Crippen LogP contribution in [0.3, 0.4) is 0 Å². The Balaban J connectivity index is 0.00000140. The third-order valence-electron chi connectivity index (χ3n) is 5.42. The molecule has 0 spiro atoms. The van der Waals surface area contributed by atoms with E-state index in [1.807, 2.05) is 0 Å². The van der Waals surface area contributed by atoms with Crippen LogP contribution in [0.2, 0.25) is 0 Å². The maximum atomic E-state index is 9.29. The second-order valence-electron chi connectivity index (χ2n) is 7.27. The largest absolute Gasteiger partial charge is 1.00 e. The SMILES string of the molecule is CC(C)=c1ccc2c(c1C1=C(CCCO)C=CC1)[C]([Zr+2])=c1ccccc1=2.[Cl-].[Cl-]. The Labute approximate surface area is 193 Å². The van der Waals surface area contributed by atoms with E-state index < -0.39 is 0 Å². The van der Waals surface area contributed by atoms with Crippen LogP contribution in [0.15, 0.2) is 54.1 Å². The van der Waals surface area contributed by atoms with Crippen LogP contribution in [0.4, 0.5) is 0 Å². The predicted octanol–water partition coefficient (Wildman–Crippen LogP) is -2.33. The molecule has 0 fully saturated rings. The number of fused-ring (bicyclic) bond motifs is 2. The topological polar surface area (TPSA) is 20.2 Å². The van der Waals surface area contributed by atoms with E-state index in [9.17, 15) is 5.11 Å². The summed E-state index contributed by atoms with van der Waals surface area (Å²) in [6.45, 7) is 4.68. The number of halogens is 2. The van der Waals surface area contributed by atoms with Gasteiger partial charge in [-0.05, 0) is 0 Å². The summed E-state index contributed by atoms with van der Waals surface area (Å²) >= 11 is 1.47. The molecule has 0 unspecified atom stereocenters. The molecule has 2 aromatic carbocycles. The fraction of sp³-hybridized carbons (Fsp3) is 0.250. The molecular weight excluding hydrogens is 466 g/mol. The average Bonchev–Trinajstić information content (AvgIpc) is 3.23. The summed E-state index contributed by atoms with van der Waals surface area (Å²) in [6, 6.07) is 13.4. The second-order valence-corrected chi connectivity index (χ2v) is 8.50. The number of allylic oxidation sites excluding steroid dienone is 4. The van der Waals surface area contributed by atoms with Gasteiger partial charge in [0.2, 0.25) is 0 Å². The summed E-state index contributed by atoms with van der Waals surface area (Å²) < 4.78 is 1.47. The Morgan fingerprint density at radius 2 is 1.68 bits per heavy atom. The molecule has 4 heteroatoms. The van der Waals surface area contributed by atoms with Crippen LogP contribution in [-0.2, 0) is 24.7 Å². The van der Waals surface area contributed by atoms with Crippen LogP contribution in [0, 0.1) is 10.4 Å². The van der Waals surface area contributed by atoms with Crippen molar-refractivity contribution in [2.24, 2.45) is 0 Å². The number of aliphatic hydroxyl groups is 1. The first kappa shape index (κ1) is 23.4. The summed E-state index contributed by atoms with van der Waals surface area (Å²) in [7, 11) is 0. The number of hydrogen-bond acceptors (Lipinski definition) is 1. The van der Waals surface area contributed by atoms with E-state index in [2.05, 4.69) is 62.4 Å². The van der Waals surface area contributed by atoms with E-state index >= 15 is 0 Å². The molecule has 0 radical (unpaired) electrons. The summed E-state index contributed by atoms with van der Waals surface area (Å²) in [6.07, 6.45) is 7.33. The summed E-state index contributed by atoms with van der Waals surface area (Å²) in [5.74, 6) is 0. The van der Waals surface area contributed by atoms with Gasteiger partial charge in [-0.3, -0.25) is 0 Å². The third-order valence-corrected chi connectivity index (χ3v) is 6.69. The van der Waals surface area contributed by atoms with Crippen molar-refractivity contribution in [1.82, 2.24) is 0 Å². The predicted molar refractivity (Wildman–Crippen MR) is 104 cm³/mol. The Morgan fingerprint density at radius 1 is 0.964 bits per heavy atom. The minimum atomic E-state index is 0. The van der Waals surface area contributed by atoms with Gasteiger partial charge in [0.1, 0.15) is 0 Å². The summed E-state index contributed by atoms with van der Waals surface area (Å²) in [5, 5.41) is 14.8. The molecule has 1 nitrogen and oxygen atoms in total. The average molecular weight is 490 g/mol. The van der Waals surface area contributed by atoms with Crippen LogP contribution in [0.5, 0.6) is 0 Å². The van der Waals surface area contributed by atoms with Gasteiger partial charge < -0.3 is 24.8 Å². The Kier molecular flexibility index (Phi) is 8.11. The molecule has 1 N–H and O–H groups in total. The van der Waals surface area contributed by atoms with Crippen molar-refractivity contribution in [3.8, 4) is 0 Å². The zero-order valence-electron chi connectivity index (χ0n) is 16.2. The summed E-state index contributed by atoms with van der Waals surface area (Å²) in [5.41, 5.74) is 7.10. The Hall–Kier alpha value is -0.917. The molecule has 0 atom stereocenters. The first-order chi connectivity index (χ1) is 12.6. The van der Waals surface area contributed by atoms with Crippen LogP contribution < -0.4 is 35.3 Å². The molecule has 4 rings (SSSR count). The van der Waals surface area contributed by atoms with E-state index in [0.29, 0.717) is 0 Å². The fourth-order valence-corrected chi connectivity index (χ4v) is 5.38. The van der Waals surface area contributed by atoms with Gasteiger partial charge in [0, 0.05) is 0 Å². The molecular formula is C24H23Cl2OZr. The van der Waals surface area contributed by atoms with Crippen molar-refractivity contribution >= 4 is 14.4 Å². The molecule has 0 aliphatic heterocycles. The van der Waals surface area contributed by atoms with Gasteiger partial charge in [-0.1, -0.05) is 0 Å². The number of benzene rings is 2. The number of hydrogen-bond donors (Lipinski definition) is 1.